The van der Waals surface area contributed by atoms with Crippen molar-refractivity contribution in [1.29, 1.82) is 0 Å². The van der Waals surface area contributed by atoms with Gasteiger partial charge >= 0.3 is 11.9 Å². The summed E-state index contributed by atoms with van der Waals surface area (Å²) in [5.41, 5.74) is 5.58. The molecule has 7 heteroatoms. The van der Waals surface area contributed by atoms with E-state index in [4.69, 9.17) is 15.9 Å². The lowest BCUT2D eigenvalue weighted by Crippen LogP contribution is -2.50. The second-order valence-corrected chi connectivity index (χ2v) is 4.88. The van der Waals surface area contributed by atoms with Crippen LogP contribution in [0, 0.1) is 5.92 Å². The smallest absolute Gasteiger partial charge is 0.308 e. The summed E-state index contributed by atoms with van der Waals surface area (Å²) in [5.74, 6) is -2.97. The quantitative estimate of drug-likeness (QED) is 0.536. The maximum absolute atomic E-state index is 11.8. The van der Waals surface area contributed by atoms with Gasteiger partial charge in [0, 0.05) is 12.5 Å². The summed E-state index contributed by atoms with van der Waals surface area (Å²) in [7, 11) is 0. The molecule has 0 aromatic heterocycles. The predicted octanol–water partition coefficient (Wildman–Crippen LogP) is -0.0619. The first kappa shape index (κ1) is 15.4. The van der Waals surface area contributed by atoms with Crippen LogP contribution in [-0.2, 0) is 14.4 Å². The van der Waals surface area contributed by atoms with Crippen molar-refractivity contribution in [3.8, 4) is 0 Å². The number of amides is 1. The standard InChI is InChI=1S/C12H20N2O5/c13-8(5-6-10(15)16)11(17)14-9-4-2-1-3-7(9)12(18)19/h7-9H,1-6,13H2,(H,14,17)(H,15,16)(H,18,19). The molecule has 5 N–H and O–H groups in total. The van der Waals surface area contributed by atoms with Crippen LogP contribution in [0.15, 0.2) is 0 Å². The van der Waals surface area contributed by atoms with Crippen molar-refractivity contribution >= 4 is 17.8 Å². The fraction of sp³-hybridized carbons (Fsp3) is 0.750. The molecule has 3 atom stereocenters. The van der Waals surface area contributed by atoms with Gasteiger partial charge in [-0.1, -0.05) is 12.8 Å². The molecule has 0 heterocycles. The van der Waals surface area contributed by atoms with Crippen molar-refractivity contribution < 1.29 is 24.6 Å². The third-order valence-corrected chi connectivity index (χ3v) is 3.42. The zero-order chi connectivity index (χ0) is 14.4. The van der Waals surface area contributed by atoms with Gasteiger partial charge in [0.05, 0.1) is 12.0 Å². The number of carboxylic acid groups (broad SMARTS) is 2. The molecule has 0 saturated heterocycles. The molecule has 0 aliphatic heterocycles. The number of hydrogen-bond donors (Lipinski definition) is 4. The van der Waals surface area contributed by atoms with E-state index in [2.05, 4.69) is 5.32 Å². The van der Waals surface area contributed by atoms with Gasteiger partial charge in [-0.05, 0) is 19.3 Å². The van der Waals surface area contributed by atoms with Crippen molar-refractivity contribution in [2.24, 2.45) is 11.7 Å². The number of aliphatic carboxylic acids is 2. The summed E-state index contributed by atoms with van der Waals surface area (Å²) in [6.07, 6.45) is 2.75. The van der Waals surface area contributed by atoms with E-state index < -0.39 is 35.8 Å². The van der Waals surface area contributed by atoms with Crippen LogP contribution in [0.3, 0.4) is 0 Å². The van der Waals surface area contributed by atoms with Gasteiger partial charge in [-0.15, -0.1) is 0 Å². The average Bonchev–Trinajstić information content (AvgIpc) is 2.36. The minimum absolute atomic E-state index is 0.0472. The minimum atomic E-state index is -1.01. The van der Waals surface area contributed by atoms with Crippen LogP contribution in [0.4, 0.5) is 0 Å². The maximum atomic E-state index is 11.8. The zero-order valence-corrected chi connectivity index (χ0v) is 10.7. The predicted molar refractivity (Wildman–Crippen MR) is 66.4 cm³/mol. The Kier molecular flexibility index (Phi) is 5.75. The molecule has 1 fully saturated rings. The fourth-order valence-corrected chi connectivity index (χ4v) is 2.30. The molecule has 1 saturated carbocycles. The number of nitrogens with two attached hydrogens (primary N) is 1. The Balaban J connectivity index is 2.49. The minimum Gasteiger partial charge on any atom is -0.481 e. The third kappa shape index (κ3) is 4.86. The van der Waals surface area contributed by atoms with Crippen molar-refractivity contribution in [3.05, 3.63) is 0 Å². The number of rotatable bonds is 6. The van der Waals surface area contributed by atoms with E-state index in [0.29, 0.717) is 12.8 Å². The monoisotopic (exact) mass is 272 g/mol. The van der Waals surface area contributed by atoms with Crippen molar-refractivity contribution in [2.45, 2.75) is 50.6 Å². The summed E-state index contributed by atoms with van der Waals surface area (Å²) in [6.45, 7) is 0. The molecule has 3 unspecified atom stereocenters. The summed E-state index contributed by atoms with van der Waals surface area (Å²) in [4.78, 5) is 33.2. The van der Waals surface area contributed by atoms with E-state index in [9.17, 15) is 14.4 Å². The summed E-state index contributed by atoms with van der Waals surface area (Å²) < 4.78 is 0. The molecule has 108 valence electrons. The Morgan fingerprint density at radius 2 is 1.84 bits per heavy atom. The number of nitrogens with one attached hydrogen (secondary N) is 1. The SMILES string of the molecule is NC(CCC(=O)O)C(=O)NC1CCCCC1C(=O)O. The zero-order valence-electron chi connectivity index (χ0n) is 10.7. The second-order valence-electron chi connectivity index (χ2n) is 4.88. The van der Waals surface area contributed by atoms with Gasteiger partial charge in [0.25, 0.3) is 0 Å². The fourth-order valence-electron chi connectivity index (χ4n) is 2.30. The van der Waals surface area contributed by atoms with Gasteiger partial charge in [0.1, 0.15) is 0 Å². The highest BCUT2D eigenvalue weighted by molar-refractivity contribution is 5.83. The normalized spacial score (nSPS) is 24.5. The van der Waals surface area contributed by atoms with Crippen LogP contribution in [0.1, 0.15) is 38.5 Å². The molecule has 19 heavy (non-hydrogen) atoms. The molecular weight excluding hydrogens is 252 g/mol. The molecular formula is C12H20N2O5. The first-order chi connectivity index (χ1) is 8.91. The molecule has 0 radical (unpaired) electrons. The number of carbonyl (C=O) groups is 3. The van der Waals surface area contributed by atoms with E-state index in [0.717, 1.165) is 12.8 Å². The number of carboxylic acids is 2. The summed E-state index contributed by atoms with van der Waals surface area (Å²) >= 11 is 0. The molecule has 1 amide bonds. The Bertz CT molecular complexity index is 358. The Morgan fingerprint density at radius 3 is 2.42 bits per heavy atom. The topological polar surface area (TPSA) is 130 Å². The third-order valence-electron chi connectivity index (χ3n) is 3.42. The van der Waals surface area contributed by atoms with E-state index in [1.807, 2.05) is 0 Å². The van der Waals surface area contributed by atoms with Gasteiger partial charge in [0.2, 0.25) is 5.91 Å². The van der Waals surface area contributed by atoms with Crippen LogP contribution in [0.2, 0.25) is 0 Å². The van der Waals surface area contributed by atoms with E-state index in [-0.39, 0.29) is 12.8 Å². The summed E-state index contributed by atoms with van der Waals surface area (Å²) in [6, 6.07) is -1.32. The molecule has 0 bridgehead atoms. The molecule has 1 rings (SSSR count). The molecule has 0 aromatic carbocycles. The Morgan fingerprint density at radius 1 is 1.21 bits per heavy atom. The molecule has 0 spiro atoms. The van der Waals surface area contributed by atoms with E-state index in [1.54, 1.807) is 0 Å². The van der Waals surface area contributed by atoms with E-state index in [1.165, 1.54) is 0 Å². The van der Waals surface area contributed by atoms with Crippen LogP contribution < -0.4 is 11.1 Å². The van der Waals surface area contributed by atoms with E-state index >= 15 is 0 Å². The van der Waals surface area contributed by atoms with Crippen LogP contribution in [-0.4, -0.2) is 40.1 Å². The molecule has 7 nitrogen and oxygen atoms in total. The van der Waals surface area contributed by atoms with Gasteiger partial charge in [-0.2, -0.15) is 0 Å². The lowest BCUT2D eigenvalue weighted by atomic mass is 9.84. The highest BCUT2D eigenvalue weighted by Gasteiger charge is 2.32. The van der Waals surface area contributed by atoms with Crippen LogP contribution in [0.25, 0.3) is 0 Å². The van der Waals surface area contributed by atoms with Gasteiger partial charge in [-0.25, -0.2) is 0 Å². The first-order valence-corrected chi connectivity index (χ1v) is 6.42. The average molecular weight is 272 g/mol. The van der Waals surface area contributed by atoms with Crippen LogP contribution in [0.5, 0.6) is 0 Å². The Hall–Kier alpha value is -1.63. The molecule has 0 aromatic rings. The highest BCUT2D eigenvalue weighted by atomic mass is 16.4. The molecule has 1 aliphatic rings. The number of carbonyl (C=O) groups excluding carboxylic acids is 1. The lowest BCUT2D eigenvalue weighted by molar-refractivity contribution is -0.144. The van der Waals surface area contributed by atoms with Crippen LogP contribution >= 0.6 is 0 Å². The van der Waals surface area contributed by atoms with Gasteiger partial charge < -0.3 is 21.3 Å². The molecule has 1 aliphatic carbocycles. The largest absolute Gasteiger partial charge is 0.481 e. The van der Waals surface area contributed by atoms with Gasteiger partial charge in [-0.3, -0.25) is 14.4 Å². The first-order valence-electron chi connectivity index (χ1n) is 6.42. The van der Waals surface area contributed by atoms with Crippen molar-refractivity contribution in [3.63, 3.8) is 0 Å². The summed E-state index contributed by atoms with van der Waals surface area (Å²) in [5, 5.41) is 20.2. The Labute approximate surface area is 111 Å². The number of hydrogen-bond acceptors (Lipinski definition) is 4. The maximum Gasteiger partial charge on any atom is 0.308 e. The van der Waals surface area contributed by atoms with Crippen molar-refractivity contribution in [2.75, 3.05) is 0 Å². The highest BCUT2D eigenvalue weighted by Crippen LogP contribution is 2.24. The van der Waals surface area contributed by atoms with Gasteiger partial charge in [0.15, 0.2) is 0 Å². The second kappa shape index (κ2) is 7.08. The lowest BCUT2D eigenvalue weighted by Gasteiger charge is -2.30. The van der Waals surface area contributed by atoms with Crippen molar-refractivity contribution in [1.82, 2.24) is 5.32 Å².